The van der Waals surface area contributed by atoms with Gasteiger partial charge in [-0.3, -0.25) is 0 Å². The van der Waals surface area contributed by atoms with Crippen molar-refractivity contribution < 1.29 is 13.3 Å². The fraction of sp³-hybridized carbons (Fsp3) is 0. The Kier molecular flexibility index (Phi) is 6.22. The molecule has 8 aromatic carbocycles. The molecule has 4 heteroatoms. The number of hydrogen-bond acceptors (Lipinski definition) is 4. The number of furan rings is 3. The molecule has 0 amide bonds. The smallest absolute Gasteiger partial charge is 0.137 e. The normalized spacial score (nSPS) is 11.8. The summed E-state index contributed by atoms with van der Waals surface area (Å²) in [5.41, 5.74) is 12.9. The second-order valence-electron chi connectivity index (χ2n) is 13.3. The average molecular weight is 668 g/mol. The van der Waals surface area contributed by atoms with Crippen molar-refractivity contribution in [3.8, 4) is 22.3 Å². The quantitative estimate of drug-likeness (QED) is 0.183. The van der Waals surface area contributed by atoms with Crippen LogP contribution in [0.5, 0.6) is 0 Å². The number of para-hydroxylation sites is 2. The highest BCUT2D eigenvalue weighted by atomic mass is 16.3. The van der Waals surface area contributed by atoms with Gasteiger partial charge in [0.25, 0.3) is 0 Å². The summed E-state index contributed by atoms with van der Waals surface area (Å²) in [5.74, 6) is 0. The monoisotopic (exact) mass is 667 g/mol. The highest BCUT2D eigenvalue weighted by molar-refractivity contribution is 6.25. The summed E-state index contributed by atoms with van der Waals surface area (Å²) in [6.45, 7) is 0. The van der Waals surface area contributed by atoms with Crippen molar-refractivity contribution in [2.45, 2.75) is 0 Å². The van der Waals surface area contributed by atoms with Gasteiger partial charge >= 0.3 is 0 Å². The number of nitrogens with zero attached hydrogens (tertiary/aromatic N) is 1. The molecule has 0 N–H and O–H groups in total. The molecule has 0 saturated heterocycles. The molecule has 3 heterocycles. The predicted molar refractivity (Wildman–Crippen MR) is 214 cm³/mol. The van der Waals surface area contributed by atoms with E-state index < -0.39 is 0 Å². The average Bonchev–Trinajstić information content (AvgIpc) is 3.89. The van der Waals surface area contributed by atoms with Gasteiger partial charge in [-0.05, 0) is 95.1 Å². The second-order valence-corrected chi connectivity index (χ2v) is 13.3. The molecule has 11 rings (SSSR count). The molecule has 0 atom stereocenters. The Balaban J connectivity index is 1.02. The van der Waals surface area contributed by atoms with Crippen LogP contribution in [0.25, 0.3) is 88.1 Å². The molecule has 0 saturated carbocycles. The first-order valence-corrected chi connectivity index (χ1v) is 17.5. The maximum absolute atomic E-state index is 6.46. The predicted octanol–water partition coefficient (Wildman–Crippen LogP) is 14.2. The number of rotatable bonds is 5. The lowest BCUT2D eigenvalue weighted by atomic mass is 10.0. The molecule has 3 aromatic heterocycles. The molecule has 0 unspecified atom stereocenters. The van der Waals surface area contributed by atoms with E-state index in [1.165, 1.54) is 5.56 Å². The van der Waals surface area contributed by atoms with Crippen LogP contribution in [-0.4, -0.2) is 0 Å². The van der Waals surface area contributed by atoms with Gasteiger partial charge in [-0.2, -0.15) is 0 Å². The molecular weight excluding hydrogens is 639 g/mol. The van der Waals surface area contributed by atoms with E-state index in [4.69, 9.17) is 13.3 Å². The van der Waals surface area contributed by atoms with E-state index in [0.29, 0.717) is 0 Å². The summed E-state index contributed by atoms with van der Waals surface area (Å²) in [6, 6.07) is 61.4. The molecule has 244 valence electrons. The van der Waals surface area contributed by atoms with Crippen LogP contribution in [0.15, 0.2) is 189 Å². The zero-order valence-electron chi connectivity index (χ0n) is 27.9. The van der Waals surface area contributed by atoms with Crippen molar-refractivity contribution >= 4 is 82.9 Å². The number of benzene rings is 8. The van der Waals surface area contributed by atoms with Gasteiger partial charge in [0, 0.05) is 55.4 Å². The first-order chi connectivity index (χ1) is 25.7. The molecule has 0 bridgehead atoms. The van der Waals surface area contributed by atoms with Crippen molar-refractivity contribution in [2.24, 2.45) is 0 Å². The van der Waals surface area contributed by atoms with E-state index in [0.717, 1.165) is 99.6 Å². The molecule has 0 aliphatic heterocycles. The van der Waals surface area contributed by atoms with Gasteiger partial charge in [-0.1, -0.05) is 97.1 Å². The fourth-order valence-corrected chi connectivity index (χ4v) is 7.82. The minimum Gasteiger partial charge on any atom is -0.456 e. The third-order valence-electron chi connectivity index (χ3n) is 10.3. The SMILES string of the molecule is c1ccc(-c2cccc(N(c3ccc(-c4ccc5c(c4)oc4ccc6oc7ccccc7c6c45)cc3)c3ccc4c(c3)oc3ccccc34)c2)cc1. The topological polar surface area (TPSA) is 42.7 Å². The molecule has 0 radical (unpaired) electrons. The zero-order valence-corrected chi connectivity index (χ0v) is 27.9. The number of anilines is 3. The minimum atomic E-state index is 0.854. The largest absolute Gasteiger partial charge is 0.456 e. The van der Waals surface area contributed by atoms with Gasteiger partial charge < -0.3 is 18.2 Å². The van der Waals surface area contributed by atoms with Crippen LogP contribution in [0, 0.1) is 0 Å². The number of hydrogen-bond donors (Lipinski definition) is 0. The van der Waals surface area contributed by atoms with E-state index >= 15 is 0 Å². The summed E-state index contributed by atoms with van der Waals surface area (Å²) in [7, 11) is 0. The first-order valence-electron chi connectivity index (χ1n) is 17.5. The van der Waals surface area contributed by atoms with Gasteiger partial charge in [0.05, 0.1) is 0 Å². The minimum absolute atomic E-state index is 0.854. The lowest BCUT2D eigenvalue weighted by molar-refractivity contribution is 0.663. The fourth-order valence-electron chi connectivity index (χ4n) is 7.82. The maximum Gasteiger partial charge on any atom is 0.137 e. The lowest BCUT2D eigenvalue weighted by Gasteiger charge is -2.26. The van der Waals surface area contributed by atoms with Crippen molar-refractivity contribution in [3.05, 3.63) is 176 Å². The highest BCUT2D eigenvalue weighted by Crippen LogP contribution is 2.43. The van der Waals surface area contributed by atoms with Crippen molar-refractivity contribution in [3.63, 3.8) is 0 Å². The Hall–Kier alpha value is -7.04. The van der Waals surface area contributed by atoms with Gasteiger partial charge in [-0.15, -0.1) is 0 Å². The van der Waals surface area contributed by atoms with E-state index in [1.807, 2.05) is 36.4 Å². The third kappa shape index (κ3) is 4.48. The Labute approximate surface area is 298 Å². The highest BCUT2D eigenvalue weighted by Gasteiger charge is 2.19. The molecule has 0 spiro atoms. The standard InChI is InChI=1S/C48H29NO3/c1-2-9-30(10-3-1)32-11-8-12-35(27-32)49(36-22-24-38-37-13-4-6-15-41(37)51-46(38)29-36)34-20-17-31(18-21-34)33-19-23-40-45(28-33)52-44-26-25-43-47(48(40)44)39-14-5-7-16-42(39)50-43/h1-29H. The molecule has 0 aliphatic rings. The van der Waals surface area contributed by atoms with Gasteiger partial charge in [0.2, 0.25) is 0 Å². The molecule has 0 fully saturated rings. The Morgan fingerprint density at radius 3 is 1.58 bits per heavy atom. The van der Waals surface area contributed by atoms with Crippen LogP contribution < -0.4 is 4.90 Å². The Morgan fingerprint density at radius 1 is 0.269 bits per heavy atom. The van der Waals surface area contributed by atoms with E-state index in [9.17, 15) is 0 Å². The van der Waals surface area contributed by atoms with Crippen LogP contribution in [0.2, 0.25) is 0 Å². The summed E-state index contributed by atoms with van der Waals surface area (Å²) in [6.07, 6.45) is 0. The van der Waals surface area contributed by atoms with Gasteiger partial charge in [0.15, 0.2) is 0 Å². The van der Waals surface area contributed by atoms with E-state index in [1.54, 1.807) is 0 Å². The van der Waals surface area contributed by atoms with Crippen LogP contribution >= 0.6 is 0 Å². The lowest BCUT2D eigenvalue weighted by Crippen LogP contribution is -2.10. The summed E-state index contributed by atoms with van der Waals surface area (Å²) in [5, 5.41) is 6.60. The maximum atomic E-state index is 6.46. The van der Waals surface area contributed by atoms with Crippen molar-refractivity contribution in [2.75, 3.05) is 4.90 Å². The van der Waals surface area contributed by atoms with Crippen LogP contribution in [-0.2, 0) is 0 Å². The molecule has 0 aliphatic carbocycles. The van der Waals surface area contributed by atoms with Crippen LogP contribution in [0.3, 0.4) is 0 Å². The molecule has 11 aromatic rings. The Bertz CT molecular complexity index is 3130. The van der Waals surface area contributed by atoms with Crippen LogP contribution in [0.4, 0.5) is 17.1 Å². The second kappa shape index (κ2) is 11.2. The molecule has 4 nitrogen and oxygen atoms in total. The third-order valence-corrected chi connectivity index (χ3v) is 10.3. The molecular formula is C48H29NO3. The van der Waals surface area contributed by atoms with Gasteiger partial charge in [0.1, 0.15) is 33.5 Å². The van der Waals surface area contributed by atoms with Crippen molar-refractivity contribution in [1.82, 2.24) is 0 Å². The summed E-state index contributed by atoms with van der Waals surface area (Å²) >= 11 is 0. The van der Waals surface area contributed by atoms with Crippen LogP contribution in [0.1, 0.15) is 0 Å². The molecule has 52 heavy (non-hydrogen) atoms. The van der Waals surface area contributed by atoms with Gasteiger partial charge in [-0.25, -0.2) is 0 Å². The number of fused-ring (bicyclic) bond motifs is 10. The van der Waals surface area contributed by atoms with Crippen molar-refractivity contribution in [1.29, 1.82) is 0 Å². The van der Waals surface area contributed by atoms with E-state index in [-0.39, 0.29) is 0 Å². The zero-order chi connectivity index (χ0) is 34.2. The van der Waals surface area contributed by atoms with E-state index in [2.05, 4.69) is 144 Å². The summed E-state index contributed by atoms with van der Waals surface area (Å²) in [4.78, 5) is 2.30. The summed E-state index contributed by atoms with van der Waals surface area (Å²) < 4.78 is 19.0. The Morgan fingerprint density at radius 2 is 0.769 bits per heavy atom. The first kappa shape index (κ1) is 28.8.